The Balaban J connectivity index is 2.15. The monoisotopic (exact) mass is 218 g/mol. The van der Waals surface area contributed by atoms with Gasteiger partial charge in [0.25, 0.3) is 0 Å². The summed E-state index contributed by atoms with van der Waals surface area (Å²) in [5.41, 5.74) is 6.10. The molecule has 4 nitrogen and oxygen atoms in total. The quantitative estimate of drug-likeness (QED) is 0.788. The maximum Gasteiger partial charge on any atom is 0.179 e. The van der Waals surface area contributed by atoms with Crippen LogP contribution in [0.25, 0.3) is 11.5 Å². The number of aryl methyl sites for hydroxylation is 1. The molecule has 15 heavy (non-hydrogen) atoms. The molecule has 0 saturated carbocycles. The predicted octanol–water partition coefficient (Wildman–Crippen LogP) is 1.51. The van der Waals surface area contributed by atoms with Crippen LogP contribution >= 0.6 is 11.3 Å². The van der Waals surface area contributed by atoms with E-state index in [-0.39, 0.29) is 0 Å². The second kappa shape index (κ2) is 3.36. The second-order valence-electron chi connectivity index (χ2n) is 3.54. The third-order valence-corrected chi connectivity index (χ3v) is 3.14. The van der Waals surface area contributed by atoms with Crippen LogP contribution in [0.3, 0.4) is 0 Å². The Labute approximate surface area is 91.4 Å². The first-order valence-electron chi connectivity index (χ1n) is 4.80. The van der Waals surface area contributed by atoms with E-state index in [9.17, 15) is 0 Å². The lowest BCUT2D eigenvalue weighted by Crippen LogP contribution is -2.00. The van der Waals surface area contributed by atoms with E-state index >= 15 is 0 Å². The molecule has 5 heteroatoms. The summed E-state index contributed by atoms with van der Waals surface area (Å²) in [7, 11) is 0. The van der Waals surface area contributed by atoms with Crippen molar-refractivity contribution >= 4 is 11.3 Å². The van der Waals surface area contributed by atoms with Crippen molar-refractivity contribution in [3.05, 3.63) is 27.8 Å². The van der Waals surface area contributed by atoms with Gasteiger partial charge >= 0.3 is 0 Å². The molecule has 0 unspecified atom stereocenters. The molecule has 0 fully saturated rings. The Morgan fingerprint density at radius 1 is 1.33 bits per heavy atom. The highest BCUT2D eigenvalue weighted by Gasteiger charge is 2.17. The van der Waals surface area contributed by atoms with Crippen molar-refractivity contribution in [3.63, 3.8) is 0 Å². The minimum atomic E-state index is 0.746. The second-order valence-corrected chi connectivity index (χ2v) is 4.25. The maximum absolute atomic E-state index is 4.53. The Morgan fingerprint density at radius 3 is 3.07 bits per heavy atom. The van der Waals surface area contributed by atoms with Gasteiger partial charge in [-0.15, -0.1) is 11.3 Å². The fourth-order valence-corrected chi connectivity index (χ4v) is 2.31. The van der Waals surface area contributed by atoms with Crippen LogP contribution in [0.5, 0.6) is 0 Å². The topological polar surface area (TPSA) is 50.7 Å². The van der Waals surface area contributed by atoms with E-state index in [4.69, 9.17) is 0 Å². The standard InChI is InChI=1S/C10H10N4S/c1-6-7-2-11-3-8(7)14-10(13-6)9-4-15-5-12-9/h4-5,11H,2-3H2,1H3. The van der Waals surface area contributed by atoms with E-state index in [1.165, 1.54) is 5.56 Å². The lowest BCUT2D eigenvalue weighted by atomic mass is 10.2. The van der Waals surface area contributed by atoms with E-state index < -0.39 is 0 Å². The number of thiazole rings is 1. The summed E-state index contributed by atoms with van der Waals surface area (Å²) in [4.78, 5) is 13.2. The number of rotatable bonds is 1. The first-order valence-corrected chi connectivity index (χ1v) is 5.74. The van der Waals surface area contributed by atoms with Crippen LogP contribution in [0.15, 0.2) is 10.9 Å². The number of fused-ring (bicyclic) bond motifs is 1. The Morgan fingerprint density at radius 2 is 2.27 bits per heavy atom. The zero-order valence-electron chi connectivity index (χ0n) is 8.32. The fourth-order valence-electron chi connectivity index (χ4n) is 1.78. The molecule has 0 saturated heterocycles. The lowest BCUT2D eigenvalue weighted by Gasteiger charge is -2.03. The van der Waals surface area contributed by atoms with Gasteiger partial charge in [-0.25, -0.2) is 15.0 Å². The van der Waals surface area contributed by atoms with Crippen molar-refractivity contribution in [2.75, 3.05) is 0 Å². The van der Waals surface area contributed by atoms with Gasteiger partial charge in [0, 0.05) is 29.7 Å². The summed E-state index contributed by atoms with van der Waals surface area (Å²) in [5, 5.41) is 5.26. The van der Waals surface area contributed by atoms with Gasteiger partial charge in [0.05, 0.1) is 11.2 Å². The summed E-state index contributed by atoms with van der Waals surface area (Å²) in [5.74, 6) is 0.746. The molecule has 0 amide bonds. The number of nitrogens with one attached hydrogen (secondary N) is 1. The van der Waals surface area contributed by atoms with Crippen LogP contribution in [0, 0.1) is 6.92 Å². The largest absolute Gasteiger partial charge is 0.307 e. The Hall–Kier alpha value is -1.33. The van der Waals surface area contributed by atoms with Gasteiger partial charge < -0.3 is 5.32 Å². The van der Waals surface area contributed by atoms with Crippen LogP contribution in [0.4, 0.5) is 0 Å². The van der Waals surface area contributed by atoms with E-state index in [1.807, 2.05) is 12.3 Å². The molecule has 0 bridgehead atoms. The highest BCUT2D eigenvalue weighted by molar-refractivity contribution is 7.07. The summed E-state index contributed by atoms with van der Waals surface area (Å²) < 4.78 is 0. The Bertz CT molecular complexity index is 492. The van der Waals surface area contributed by atoms with Gasteiger partial charge in [0.1, 0.15) is 5.69 Å². The van der Waals surface area contributed by atoms with Crippen molar-refractivity contribution in [1.29, 1.82) is 0 Å². The number of aromatic nitrogens is 3. The van der Waals surface area contributed by atoms with E-state index in [0.717, 1.165) is 36.0 Å². The average molecular weight is 218 g/mol. The van der Waals surface area contributed by atoms with Crippen LogP contribution < -0.4 is 5.32 Å². The van der Waals surface area contributed by atoms with Gasteiger partial charge in [-0.1, -0.05) is 0 Å². The molecular formula is C10H10N4S. The molecule has 1 aliphatic rings. The predicted molar refractivity (Wildman–Crippen MR) is 58.4 cm³/mol. The molecule has 1 aliphatic heterocycles. The van der Waals surface area contributed by atoms with Crippen molar-refractivity contribution < 1.29 is 0 Å². The molecule has 76 valence electrons. The minimum Gasteiger partial charge on any atom is -0.307 e. The molecule has 0 aromatic carbocycles. The van der Waals surface area contributed by atoms with Crippen LogP contribution in [0.2, 0.25) is 0 Å². The first kappa shape index (κ1) is 8.94. The SMILES string of the molecule is Cc1nc(-c2cscn2)nc2c1CNC2. The van der Waals surface area contributed by atoms with Gasteiger partial charge in [0.2, 0.25) is 0 Å². The van der Waals surface area contributed by atoms with Gasteiger partial charge in [-0.3, -0.25) is 0 Å². The van der Waals surface area contributed by atoms with E-state index in [1.54, 1.807) is 16.8 Å². The molecule has 3 rings (SSSR count). The maximum atomic E-state index is 4.53. The fraction of sp³-hybridized carbons (Fsp3) is 0.300. The summed E-state index contributed by atoms with van der Waals surface area (Å²) in [6, 6.07) is 0. The molecule has 3 heterocycles. The molecule has 1 N–H and O–H groups in total. The molecule has 2 aromatic heterocycles. The van der Waals surface area contributed by atoms with Crippen molar-refractivity contribution in [1.82, 2.24) is 20.3 Å². The number of nitrogens with zero attached hydrogens (tertiary/aromatic N) is 3. The van der Waals surface area contributed by atoms with Crippen LogP contribution in [-0.4, -0.2) is 15.0 Å². The number of hydrogen-bond donors (Lipinski definition) is 1. The lowest BCUT2D eigenvalue weighted by molar-refractivity contribution is 0.757. The normalized spacial score (nSPS) is 14.2. The van der Waals surface area contributed by atoms with Gasteiger partial charge in [-0.2, -0.15) is 0 Å². The van der Waals surface area contributed by atoms with Gasteiger partial charge in [-0.05, 0) is 6.92 Å². The first-order chi connectivity index (χ1) is 7.34. The smallest absolute Gasteiger partial charge is 0.179 e. The van der Waals surface area contributed by atoms with E-state index in [0.29, 0.717) is 0 Å². The van der Waals surface area contributed by atoms with Gasteiger partial charge in [0.15, 0.2) is 5.82 Å². The number of hydrogen-bond acceptors (Lipinski definition) is 5. The van der Waals surface area contributed by atoms with Crippen LogP contribution in [0.1, 0.15) is 17.0 Å². The third kappa shape index (κ3) is 1.44. The summed E-state index contributed by atoms with van der Waals surface area (Å²) >= 11 is 1.57. The molecular weight excluding hydrogens is 208 g/mol. The summed E-state index contributed by atoms with van der Waals surface area (Å²) in [6.45, 7) is 3.76. The highest BCUT2D eigenvalue weighted by Crippen LogP contribution is 2.21. The molecule has 0 radical (unpaired) electrons. The molecule has 0 atom stereocenters. The molecule has 0 spiro atoms. The van der Waals surface area contributed by atoms with Crippen molar-refractivity contribution in [2.24, 2.45) is 0 Å². The highest BCUT2D eigenvalue weighted by atomic mass is 32.1. The zero-order chi connectivity index (χ0) is 10.3. The van der Waals surface area contributed by atoms with Crippen LogP contribution in [-0.2, 0) is 13.1 Å². The average Bonchev–Trinajstić information content (AvgIpc) is 2.88. The minimum absolute atomic E-state index is 0.746. The molecule has 2 aromatic rings. The Kier molecular flexibility index (Phi) is 2.00. The van der Waals surface area contributed by atoms with E-state index in [2.05, 4.69) is 20.3 Å². The summed E-state index contributed by atoms with van der Waals surface area (Å²) in [6.07, 6.45) is 0. The molecule has 0 aliphatic carbocycles. The zero-order valence-corrected chi connectivity index (χ0v) is 9.14. The van der Waals surface area contributed by atoms with Crippen molar-refractivity contribution in [2.45, 2.75) is 20.0 Å². The third-order valence-electron chi connectivity index (χ3n) is 2.56. The van der Waals surface area contributed by atoms with Crippen molar-refractivity contribution in [3.8, 4) is 11.5 Å².